The Morgan fingerprint density at radius 1 is 1.43 bits per heavy atom. The van der Waals surface area contributed by atoms with E-state index in [1.165, 1.54) is 12.4 Å². The number of halogens is 3. The van der Waals surface area contributed by atoms with E-state index in [0.29, 0.717) is 17.3 Å². The summed E-state index contributed by atoms with van der Waals surface area (Å²) in [5.74, 6) is -2.18. The van der Waals surface area contributed by atoms with Gasteiger partial charge in [0.05, 0.1) is 11.9 Å². The third-order valence-corrected chi connectivity index (χ3v) is 6.62. The van der Waals surface area contributed by atoms with Crippen LogP contribution in [0.4, 0.5) is 13.2 Å². The van der Waals surface area contributed by atoms with Crippen LogP contribution in [0.2, 0.25) is 0 Å². The quantitative estimate of drug-likeness (QED) is 0.321. The van der Waals surface area contributed by atoms with Crippen molar-refractivity contribution in [1.29, 1.82) is 0 Å². The maximum atomic E-state index is 12.7. The number of aromatic nitrogens is 1. The van der Waals surface area contributed by atoms with Crippen molar-refractivity contribution in [2.24, 2.45) is 5.92 Å². The van der Waals surface area contributed by atoms with E-state index in [1.54, 1.807) is 0 Å². The number of rotatable bonds is 7. The van der Waals surface area contributed by atoms with E-state index in [2.05, 4.69) is 4.98 Å². The molecule has 128 valence electrons. The van der Waals surface area contributed by atoms with Gasteiger partial charge in [0.1, 0.15) is 4.88 Å². The maximum Gasteiger partial charge on any atom is 0.301 e. The van der Waals surface area contributed by atoms with Gasteiger partial charge in [0.15, 0.2) is 18.6 Å². The second-order valence-electron chi connectivity index (χ2n) is 5.29. The third kappa shape index (κ3) is 5.03. The van der Waals surface area contributed by atoms with Crippen molar-refractivity contribution in [2.75, 3.05) is 12.3 Å². The van der Waals surface area contributed by atoms with E-state index < -0.39 is 33.9 Å². The molecule has 0 amide bonds. The molecule has 1 aliphatic carbocycles. The molecule has 0 unspecified atom stereocenters. The van der Waals surface area contributed by atoms with Gasteiger partial charge in [-0.25, -0.2) is 22.5 Å². The highest BCUT2D eigenvalue weighted by Crippen LogP contribution is 2.26. The molecule has 0 spiro atoms. The Kier molecular flexibility index (Phi) is 5.79. The largest absolute Gasteiger partial charge is 0.624 e. The topological polar surface area (TPSA) is 73.1 Å². The lowest BCUT2D eigenvalue weighted by atomic mass is 9.86. The molecule has 0 aliphatic heterocycles. The first-order valence-electron chi connectivity index (χ1n) is 6.95. The Hall–Kier alpha value is -1.42. The summed E-state index contributed by atoms with van der Waals surface area (Å²) in [5.41, 5.74) is 0. The van der Waals surface area contributed by atoms with Gasteiger partial charge < -0.3 is 5.21 Å². The summed E-state index contributed by atoms with van der Waals surface area (Å²) in [5, 5.41) is 11.7. The second kappa shape index (κ2) is 7.43. The number of nitrogens with zero attached hydrogens (tertiary/aromatic N) is 2. The van der Waals surface area contributed by atoms with Gasteiger partial charge in [0.25, 0.3) is 0 Å². The lowest BCUT2D eigenvalue weighted by Crippen LogP contribution is -2.22. The van der Waals surface area contributed by atoms with Crippen molar-refractivity contribution in [3.63, 3.8) is 0 Å². The van der Waals surface area contributed by atoms with Gasteiger partial charge in [-0.3, -0.25) is 0 Å². The predicted octanol–water partition coefficient (Wildman–Crippen LogP) is 3.11. The SMILES string of the molecule is O=S(=O)(CCC(F)=C(F)F)c1ncc(/C=[N+](\[O-])CC2CCC2)s1. The van der Waals surface area contributed by atoms with E-state index >= 15 is 0 Å². The first-order chi connectivity index (χ1) is 10.8. The number of sulfone groups is 1. The number of allylic oxidation sites excluding steroid dienone is 1. The first kappa shape index (κ1) is 17.9. The summed E-state index contributed by atoms with van der Waals surface area (Å²) in [4.78, 5) is 4.04. The molecule has 0 N–H and O–H groups in total. The molecule has 1 aromatic rings. The van der Waals surface area contributed by atoms with E-state index in [4.69, 9.17) is 0 Å². The molecule has 1 fully saturated rings. The monoisotopic (exact) mass is 368 g/mol. The van der Waals surface area contributed by atoms with Gasteiger partial charge >= 0.3 is 6.08 Å². The molecule has 1 aliphatic rings. The molecule has 1 saturated carbocycles. The number of hydrogen-bond donors (Lipinski definition) is 0. The average molecular weight is 368 g/mol. The summed E-state index contributed by atoms with van der Waals surface area (Å²) in [6, 6.07) is 0. The zero-order chi connectivity index (χ0) is 17.0. The standard InChI is InChI=1S/C13H15F3N2O3S2/c14-11(12(15)16)4-5-23(20,21)13-17-6-10(22-13)8-18(19)7-9-2-1-3-9/h6,8-9H,1-5,7H2/b18-8-. The summed E-state index contributed by atoms with van der Waals surface area (Å²) < 4.78 is 60.8. The van der Waals surface area contributed by atoms with E-state index in [-0.39, 0.29) is 4.34 Å². The lowest BCUT2D eigenvalue weighted by Gasteiger charge is -2.23. The Balaban J connectivity index is 2.02. The van der Waals surface area contributed by atoms with Crippen molar-refractivity contribution in [1.82, 2.24) is 4.98 Å². The highest BCUT2D eigenvalue weighted by Gasteiger charge is 2.23. The van der Waals surface area contributed by atoms with E-state index in [9.17, 15) is 26.8 Å². The minimum atomic E-state index is -3.96. The second-order valence-corrected chi connectivity index (χ2v) is 8.63. The van der Waals surface area contributed by atoms with E-state index in [0.717, 1.165) is 35.3 Å². The minimum Gasteiger partial charge on any atom is -0.624 e. The van der Waals surface area contributed by atoms with Gasteiger partial charge in [-0.05, 0) is 12.8 Å². The fourth-order valence-corrected chi connectivity index (χ4v) is 4.47. The zero-order valence-electron chi connectivity index (χ0n) is 12.0. The molecule has 10 heteroatoms. The van der Waals surface area contributed by atoms with Crippen LogP contribution < -0.4 is 0 Å². The van der Waals surface area contributed by atoms with E-state index in [1.807, 2.05) is 0 Å². The normalized spacial score (nSPS) is 16.2. The zero-order valence-corrected chi connectivity index (χ0v) is 13.7. The molecule has 0 bridgehead atoms. The smallest absolute Gasteiger partial charge is 0.301 e. The molecule has 1 aromatic heterocycles. The van der Waals surface area contributed by atoms with Crippen LogP contribution in [-0.2, 0) is 9.84 Å². The molecular weight excluding hydrogens is 353 g/mol. The highest BCUT2D eigenvalue weighted by molar-refractivity contribution is 7.93. The first-order valence-corrected chi connectivity index (χ1v) is 9.41. The number of thiazole rings is 1. The van der Waals surface area contributed by atoms with Crippen LogP contribution in [0.5, 0.6) is 0 Å². The van der Waals surface area contributed by atoms with Crippen LogP contribution in [-0.4, -0.2) is 36.7 Å². The predicted molar refractivity (Wildman–Crippen MR) is 80.1 cm³/mol. The Bertz CT molecular complexity index is 721. The van der Waals surface area contributed by atoms with Crippen molar-refractivity contribution in [3.05, 3.63) is 28.2 Å². The van der Waals surface area contributed by atoms with Crippen molar-refractivity contribution in [3.8, 4) is 0 Å². The molecule has 23 heavy (non-hydrogen) atoms. The molecule has 1 heterocycles. The van der Waals surface area contributed by atoms with Crippen LogP contribution in [0.3, 0.4) is 0 Å². The Morgan fingerprint density at radius 2 is 2.13 bits per heavy atom. The van der Waals surface area contributed by atoms with Gasteiger partial charge in [-0.15, -0.1) is 0 Å². The third-order valence-electron chi connectivity index (χ3n) is 3.50. The number of hydrogen-bond acceptors (Lipinski definition) is 5. The average Bonchev–Trinajstić information content (AvgIpc) is 2.89. The van der Waals surface area contributed by atoms with Crippen LogP contribution in [0.1, 0.15) is 30.6 Å². The van der Waals surface area contributed by atoms with Crippen LogP contribution in [0.25, 0.3) is 0 Å². The molecule has 0 atom stereocenters. The minimum absolute atomic E-state index is 0.312. The lowest BCUT2D eigenvalue weighted by molar-refractivity contribution is -0.464. The maximum absolute atomic E-state index is 12.7. The van der Waals surface area contributed by atoms with Gasteiger partial charge in [0, 0.05) is 12.3 Å². The summed E-state index contributed by atoms with van der Waals surface area (Å²) in [6.45, 7) is 0.353. The van der Waals surface area contributed by atoms with Crippen LogP contribution in [0, 0.1) is 11.1 Å². The molecule has 0 aromatic carbocycles. The fraction of sp³-hybridized carbons (Fsp3) is 0.538. The summed E-state index contributed by atoms with van der Waals surface area (Å²) in [7, 11) is -3.96. The molecule has 0 saturated heterocycles. The van der Waals surface area contributed by atoms with Crippen LogP contribution in [0.15, 0.2) is 22.4 Å². The molecule has 5 nitrogen and oxygen atoms in total. The van der Waals surface area contributed by atoms with Crippen molar-refractivity contribution in [2.45, 2.75) is 30.0 Å². The highest BCUT2D eigenvalue weighted by atomic mass is 32.2. The fourth-order valence-electron chi connectivity index (χ4n) is 2.00. The number of hydroxylamine groups is 1. The van der Waals surface area contributed by atoms with Gasteiger partial charge in [-0.1, -0.05) is 17.8 Å². The molecule has 2 rings (SSSR count). The summed E-state index contributed by atoms with van der Waals surface area (Å²) in [6.07, 6.45) is 2.20. The van der Waals surface area contributed by atoms with Crippen molar-refractivity contribution < 1.29 is 26.3 Å². The molecular formula is C13H15F3N2O3S2. The Labute approximate surface area is 135 Å². The Morgan fingerprint density at radius 3 is 2.70 bits per heavy atom. The van der Waals surface area contributed by atoms with Crippen molar-refractivity contribution >= 4 is 27.4 Å². The van der Waals surface area contributed by atoms with Gasteiger partial charge in [0.2, 0.25) is 14.2 Å². The molecule has 0 radical (unpaired) electrons. The van der Waals surface area contributed by atoms with Gasteiger partial charge in [-0.2, -0.15) is 8.78 Å². The summed E-state index contributed by atoms with van der Waals surface area (Å²) >= 11 is 0.759. The van der Waals surface area contributed by atoms with Crippen LogP contribution >= 0.6 is 11.3 Å².